The molecule has 1 aromatic heterocycles. The van der Waals surface area contributed by atoms with E-state index in [9.17, 15) is 14.0 Å². The minimum Gasteiger partial charge on any atom is -0.338 e. The number of benzene rings is 1. The molecule has 0 saturated carbocycles. The van der Waals surface area contributed by atoms with E-state index in [1.807, 2.05) is 0 Å². The number of likely N-dealkylation sites (tertiary alicyclic amines) is 1. The van der Waals surface area contributed by atoms with Gasteiger partial charge in [0.2, 0.25) is 5.91 Å². The zero-order valence-electron chi connectivity index (χ0n) is 13.0. The van der Waals surface area contributed by atoms with Gasteiger partial charge >= 0.3 is 0 Å². The number of hydrogen-bond donors (Lipinski definition) is 1. The lowest BCUT2D eigenvalue weighted by atomic mass is 9.96. The standard InChI is InChI=1S/C16H14Cl2FN3O2S/c17-11-7-12(18)13(19)6-10(11)15(24)22-4-1-2-9(8-22)14(23)21-16-20-3-5-25-16/h3,5-7,9H,1-2,4,8H2,(H,20,21,23). The van der Waals surface area contributed by atoms with Crippen molar-refractivity contribution >= 4 is 51.5 Å². The number of amides is 2. The van der Waals surface area contributed by atoms with Crippen LogP contribution < -0.4 is 5.32 Å². The lowest BCUT2D eigenvalue weighted by molar-refractivity contribution is -0.121. The fourth-order valence-electron chi connectivity index (χ4n) is 2.73. The molecule has 2 amide bonds. The van der Waals surface area contributed by atoms with E-state index in [-0.39, 0.29) is 34.0 Å². The van der Waals surface area contributed by atoms with Crippen LogP contribution in [-0.4, -0.2) is 34.8 Å². The van der Waals surface area contributed by atoms with Gasteiger partial charge in [-0.1, -0.05) is 23.2 Å². The van der Waals surface area contributed by atoms with Crippen molar-refractivity contribution in [3.05, 3.63) is 45.1 Å². The number of hydrogen-bond acceptors (Lipinski definition) is 4. The molecule has 0 aliphatic carbocycles. The van der Waals surface area contributed by atoms with Crippen LogP contribution >= 0.6 is 34.5 Å². The lowest BCUT2D eigenvalue weighted by Gasteiger charge is -2.32. The van der Waals surface area contributed by atoms with Crippen LogP contribution in [0.4, 0.5) is 9.52 Å². The van der Waals surface area contributed by atoms with Crippen molar-refractivity contribution < 1.29 is 14.0 Å². The highest BCUT2D eigenvalue weighted by atomic mass is 35.5. The molecule has 9 heteroatoms. The van der Waals surface area contributed by atoms with E-state index in [2.05, 4.69) is 10.3 Å². The van der Waals surface area contributed by atoms with Crippen molar-refractivity contribution in [2.45, 2.75) is 12.8 Å². The number of nitrogens with zero attached hydrogens (tertiary/aromatic N) is 2. The van der Waals surface area contributed by atoms with Crippen molar-refractivity contribution in [3.8, 4) is 0 Å². The monoisotopic (exact) mass is 401 g/mol. The Morgan fingerprint density at radius 2 is 2.12 bits per heavy atom. The Morgan fingerprint density at radius 3 is 2.84 bits per heavy atom. The minimum absolute atomic E-state index is 0.0459. The molecule has 1 aliphatic heterocycles. The number of rotatable bonds is 3. The van der Waals surface area contributed by atoms with E-state index in [1.165, 1.54) is 22.3 Å². The van der Waals surface area contributed by atoms with Gasteiger partial charge in [0.05, 0.1) is 21.5 Å². The summed E-state index contributed by atoms with van der Waals surface area (Å²) < 4.78 is 13.7. The molecule has 1 N–H and O–H groups in total. The molecule has 1 atom stereocenters. The van der Waals surface area contributed by atoms with Crippen molar-refractivity contribution in [1.82, 2.24) is 9.88 Å². The summed E-state index contributed by atoms with van der Waals surface area (Å²) in [6.07, 6.45) is 2.95. The number of anilines is 1. The molecule has 5 nitrogen and oxygen atoms in total. The maximum absolute atomic E-state index is 13.7. The third-order valence-corrected chi connectivity index (χ3v) is 5.27. The number of nitrogens with one attached hydrogen (secondary N) is 1. The summed E-state index contributed by atoms with van der Waals surface area (Å²) in [6, 6.07) is 2.24. The summed E-state index contributed by atoms with van der Waals surface area (Å²) >= 11 is 13.0. The van der Waals surface area contributed by atoms with Gasteiger partial charge < -0.3 is 10.2 Å². The Labute approximate surface area is 157 Å². The second-order valence-corrected chi connectivity index (χ2v) is 7.37. The first-order valence-electron chi connectivity index (χ1n) is 7.60. The lowest BCUT2D eigenvalue weighted by Crippen LogP contribution is -2.43. The predicted octanol–water partition coefficient (Wildman–Crippen LogP) is 4.08. The van der Waals surface area contributed by atoms with E-state index in [1.54, 1.807) is 11.6 Å². The first kappa shape index (κ1) is 18.1. The summed E-state index contributed by atoms with van der Waals surface area (Å²) in [5.41, 5.74) is 0.0459. The first-order chi connectivity index (χ1) is 12.0. The molecular weight excluding hydrogens is 388 g/mol. The van der Waals surface area contributed by atoms with Crippen LogP contribution in [0.1, 0.15) is 23.2 Å². The SMILES string of the molecule is O=C(Nc1nccs1)C1CCCN(C(=O)c2cc(F)c(Cl)cc2Cl)C1. The van der Waals surface area contributed by atoms with Crippen LogP contribution in [0.15, 0.2) is 23.7 Å². The number of carbonyl (C=O) groups is 2. The average molecular weight is 402 g/mol. The molecule has 2 aromatic rings. The molecule has 0 bridgehead atoms. The Morgan fingerprint density at radius 1 is 1.32 bits per heavy atom. The summed E-state index contributed by atoms with van der Waals surface area (Å²) in [7, 11) is 0. The molecule has 1 aromatic carbocycles. The highest BCUT2D eigenvalue weighted by Gasteiger charge is 2.30. The molecule has 2 heterocycles. The molecule has 0 spiro atoms. The number of thiazole rings is 1. The van der Waals surface area contributed by atoms with Crippen LogP contribution in [0.25, 0.3) is 0 Å². The Bertz CT molecular complexity index is 801. The molecule has 1 unspecified atom stereocenters. The van der Waals surface area contributed by atoms with Gasteiger partial charge in [0.25, 0.3) is 5.91 Å². The summed E-state index contributed by atoms with van der Waals surface area (Å²) in [6.45, 7) is 0.733. The van der Waals surface area contributed by atoms with Crippen LogP contribution in [0, 0.1) is 11.7 Å². The zero-order valence-corrected chi connectivity index (χ0v) is 15.3. The molecule has 25 heavy (non-hydrogen) atoms. The maximum Gasteiger partial charge on any atom is 0.255 e. The maximum atomic E-state index is 13.7. The van der Waals surface area contributed by atoms with E-state index >= 15 is 0 Å². The van der Waals surface area contributed by atoms with Crippen LogP contribution in [0.5, 0.6) is 0 Å². The molecule has 0 radical (unpaired) electrons. The zero-order chi connectivity index (χ0) is 18.0. The Kier molecular flexibility index (Phi) is 5.56. The second kappa shape index (κ2) is 7.68. The van der Waals surface area contributed by atoms with E-state index in [0.29, 0.717) is 24.5 Å². The van der Waals surface area contributed by atoms with E-state index < -0.39 is 11.7 Å². The third-order valence-electron chi connectivity index (χ3n) is 3.98. The van der Waals surface area contributed by atoms with Gasteiger partial charge in [-0.3, -0.25) is 9.59 Å². The molecular formula is C16H14Cl2FN3O2S. The fraction of sp³-hybridized carbons (Fsp3) is 0.312. The van der Waals surface area contributed by atoms with Gasteiger partial charge in [0.15, 0.2) is 5.13 Å². The average Bonchev–Trinajstić information content (AvgIpc) is 3.10. The van der Waals surface area contributed by atoms with Gasteiger partial charge in [-0.05, 0) is 25.0 Å². The number of halogens is 3. The predicted molar refractivity (Wildman–Crippen MR) is 95.8 cm³/mol. The fourth-order valence-corrected chi connectivity index (χ4v) is 3.72. The van der Waals surface area contributed by atoms with Gasteiger partial charge in [-0.2, -0.15) is 0 Å². The largest absolute Gasteiger partial charge is 0.338 e. The molecule has 1 saturated heterocycles. The quantitative estimate of drug-likeness (QED) is 0.787. The highest BCUT2D eigenvalue weighted by molar-refractivity contribution is 7.13. The molecule has 1 aliphatic rings. The normalized spacial score (nSPS) is 17.4. The van der Waals surface area contributed by atoms with Gasteiger partial charge in [-0.15, -0.1) is 11.3 Å². The van der Waals surface area contributed by atoms with E-state index in [4.69, 9.17) is 23.2 Å². The second-order valence-electron chi connectivity index (χ2n) is 5.66. The van der Waals surface area contributed by atoms with Crippen molar-refractivity contribution in [3.63, 3.8) is 0 Å². The Hall–Kier alpha value is -1.70. The number of aromatic nitrogens is 1. The molecule has 1 fully saturated rings. The van der Waals surface area contributed by atoms with Crippen LogP contribution in [0.2, 0.25) is 10.0 Å². The number of carbonyl (C=O) groups excluding carboxylic acids is 2. The van der Waals surface area contributed by atoms with Crippen LogP contribution in [-0.2, 0) is 4.79 Å². The highest BCUT2D eigenvalue weighted by Crippen LogP contribution is 2.27. The summed E-state index contributed by atoms with van der Waals surface area (Å²) in [5.74, 6) is -1.64. The first-order valence-corrected chi connectivity index (χ1v) is 9.23. The minimum atomic E-state index is -0.704. The van der Waals surface area contributed by atoms with Crippen molar-refractivity contribution in [2.75, 3.05) is 18.4 Å². The molecule has 3 rings (SSSR count). The van der Waals surface area contributed by atoms with Crippen LogP contribution in [0.3, 0.4) is 0 Å². The van der Waals surface area contributed by atoms with Gasteiger partial charge in [0, 0.05) is 24.7 Å². The van der Waals surface area contributed by atoms with Gasteiger partial charge in [-0.25, -0.2) is 9.37 Å². The number of piperidine rings is 1. The van der Waals surface area contributed by atoms with E-state index in [0.717, 1.165) is 6.07 Å². The molecule has 132 valence electrons. The van der Waals surface area contributed by atoms with Gasteiger partial charge in [0.1, 0.15) is 5.82 Å². The van der Waals surface area contributed by atoms with Crippen molar-refractivity contribution in [2.24, 2.45) is 5.92 Å². The summed E-state index contributed by atoms with van der Waals surface area (Å²) in [4.78, 5) is 30.5. The smallest absolute Gasteiger partial charge is 0.255 e. The summed E-state index contributed by atoms with van der Waals surface area (Å²) in [5, 5.41) is 4.99. The Balaban J connectivity index is 1.71. The third kappa shape index (κ3) is 4.11. The van der Waals surface area contributed by atoms with Crippen molar-refractivity contribution in [1.29, 1.82) is 0 Å². The topological polar surface area (TPSA) is 62.3 Å².